The van der Waals surface area contributed by atoms with Crippen molar-refractivity contribution in [2.24, 2.45) is 0 Å². The Bertz CT molecular complexity index is 270. The van der Waals surface area contributed by atoms with Crippen LogP contribution in [-0.2, 0) is 47.0 Å². The molecule has 1 saturated heterocycles. The van der Waals surface area contributed by atoms with Crippen molar-refractivity contribution < 1.29 is 47.0 Å². The normalized spacial score (nSPS) is 23.8. The fraction of sp³-hybridized carbons (Fsp3) is 0.727. The van der Waals surface area contributed by atoms with Crippen LogP contribution in [0.5, 0.6) is 0 Å². The molecule has 0 N–H and O–H groups in total. The summed E-state index contributed by atoms with van der Waals surface area (Å²) in [6.07, 6.45) is 3.59. The molecule has 0 aromatic rings. The van der Waals surface area contributed by atoms with Crippen LogP contribution in [0.15, 0.2) is 0 Å². The average molecular weight is 301 g/mol. The minimum atomic E-state index is -0.748. The molecule has 1 aliphatic rings. The van der Waals surface area contributed by atoms with E-state index >= 15 is 0 Å². The first-order valence-corrected chi connectivity index (χ1v) is 5.33. The van der Waals surface area contributed by atoms with Gasteiger partial charge in [0.25, 0.3) is 0 Å². The number of carbonyl (C=O) groups is 2. The minimum Gasteiger partial charge on any atom is -0.467 e. The van der Waals surface area contributed by atoms with Crippen LogP contribution in [0.3, 0.4) is 0 Å². The first-order valence-electron chi connectivity index (χ1n) is 5.33. The quantitative estimate of drug-likeness (QED) is 0.580. The zero-order valence-electron chi connectivity index (χ0n) is 10.2. The molecule has 0 spiro atoms. The van der Waals surface area contributed by atoms with Crippen LogP contribution < -0.4 is 0 Å². The van der Waals surface area contributed by atoms with Gasteiger partial charge in [0, 0.05) is 39.1 Å². The SMILES string of the molecule is CCC(=O)N1C[CH-]C[C@@]1(CC)C(=O)OC.[Y]. The summed E-state index contributed by atoms with van der Waals surface area (Å²) in [6, 6.07) is 0. The average Bonchev–Trinajstić information content (AvgIpc) is 2.71. The van der Waals surface area contributed by atoms with Crippen LogP contribution in [-0.4, -0.2) is 36.0 Å². The maximum Gasteiger partial charge on any atom is 0.328 e. The molecule has 0 aromatic carbocycles. The van der Waals surface area contributed by atoms with Gasteiger partial charge in [0.05, 0.1) is 7.11 Å². The van der Waals surface area contributed by atoms with E-state index in [1.807, 2.05) is 13.3 Å². The number of carbonyl (C=O) groups excluding carboxylic acids is 2. The smallest absolute Gasteiger partial charge is 0.328 e. The van der Waals surface area contributed by atoms with Gasteiger partial charge in [-0.15, -0.1) is 13.0 Å². The molecular formula is C11H18NO3Y-. The second-order valence-electron chi connectivity index (χ2n) is 3.73. The summed E-state index contributed by atoms with van der Waals surface area (Å²) in [6.45, 7) is 4.26. The fourth-order valence-corrected chi connectivity index (χ4v) is 2.11. The van der Waals surface area contributed by atoms with Gasteiger partial charge in [-0.05, 0) is 6.42 Å². The first kappa shape index (κ1) is 16.0. The first-order chi connectivity index (χ1) is 7.12. The molecule has 0 aliphatic carbocycles. The van der Waals surface area contributed by atoms with E-state index in [1.165, 1.54) is 7.11 Å². The Morgan fingerprint density at radius 1 is 1.44 bits per heavy atom. The third-order valence-electron chi connectivity index (χ3n) is 3.06. The Labute approximate surface area is 122 Å². The van der Waals surface area contributed by atoms with Crippen molar-refractivity contribution in [2.45, 2.75) is 38.6 Å². The molecule has 1 aliphatic heterocycles. The Morgan fingerprint density at radius 3 is 2.50 bits per heavy atom. The van der Waals surface area contributed by atoms with Gasteiger partial charge < -0.3 is 16.1 Å². The van der Waals surface area contributed by atoms with E-state index in [0.29, 0.717) is 25.8 Å². The van der Waals surface area contributed by atoms with Crippen molar-refractivity contribution >= 4 is 11.9 Å². The van der Waals surface area contributed by atoms with Crippen LogP contribution in [0.2, 0.25) is 0 Å². The second-order valence-corrected chi connectivity index (χ2v) is 3.73. The van der Waals surface area contributed by atoms with Crippen LogP contribution in [0, 0.1) is 6.42 Å². The molecule has 0 bridgehead atoms. The van der Waals surface area contributed by atoms with Gasteiger partial charge in [0.15, 0.2) is 0 Å². The Kier molecular flexibility index (Phi) is 6.72. The Balaban J connectivity index is 0.00000225. The Morgan fingerprint density at radius 2 is 2.06 bits per heavy atom. The maximum atomic E-state index is 11.8. The van der Waals surface area contributed by atoms with Crippen molar-refractivity contribution in [2.75, 3.05) is 13.7 Å². The minimum absolute atomic E-state index is 0. The number of likely N-dealkylation sites (tertiary alicyclic amines) is 1. The summed E-state index contributed by atoms with van der Waals surface area (Å²) < 4.78 is 4.80. The summed E-state index contributed by atoms with van der Waals surface area (Å²) in [5, 5.41) is 0. The molecule has 16 heavy (non-hydrogen) atoms. The zero-order chi connectivity index (χ0) is 11.5. The van der Waals surface area contributed by atoms with E-state index in [0.717, 1.165) is 0 Å². The van der Waals surface area contributed by atoms with Crippen molar-refractivity contribution in [3.05, 3.63) is 6.42 Å². The molecular weight excluding hydrogens is 283 g/mol. The van der Waals surface area contributed by atoms with Gasteiger partial charge in [-0.1, -0.05) is 13.8 Å². The standard InChI is InChI=1S/C11H18NO3.Y/c1-4-9(13)12-8-6-7-11(12,5-2)10(14)15-3;/h6H,4-5,7-8H2,1-3H3;/q-1;/t11-;/m0./s1. The van der Waals surface area contributed by atoms with Crippen LogP contribution >= 0.6 is 0 Å². The van der Waals surface area contributed by atoms with Crippen molar-refractivity contribution in [1.29, 1.82) is 0 Å². The van der Waals surface area contributed by atoms with Gasteiger partial charge in [0.2, 0.25) is 5.91 Å². The maximum absolute atomic E-state index is 11.8. The number of ether oxygens (including phenoxy) is 1. The monoisotopic (exact) mass is 301 g/mol. The number of rotatable bonds is 3. The van der Waals surface area contributed by atoms with E-state index in [2.05, 4.69) is 0 Å². The van der Waals surface area contributed by atoms with Crippen molar-refractivity contribution in [3.63, 3.8) is 0 Å². The summed E-state index contributed by atoms with van der Waals surface area (Å²) in [5.41, 5.74) is -0.748. The largest absolute Gasteiger partial charge is 0.467 e. The van der Waals surface area contributed by atoms with E-state index in [9.17, 15) is 9.59 Å². The molecule has 0 unspecified atom stereocenters. The van der Waals surface area contributed by atoms with Crippen LogP contribution in [0.1, 0.15) is 33.1 Å². The van der Waals surface area contributed by atoms with Gasteiger partial charge in [-0.3, -0.25) is 4.79 Å². The summed E-state index contributed by atoms with van der Waals surface area (Å²) in [7, 11) is 1.37. The number of hydrogen-bond acceptors (Lipinski definition) is 3. The second kappa shape index (κ2) is 6.70. The number of esters is 1. The van der Waals surface area contributed by atoms with Crippen LogP contribution in [0.25, 0.3) is 0 Å². The molecule has 5 heteroatoms. The number of methoxy groups -OCH3 is 1. The van der Waals surface area contributed by atoms with Gasteiger partial charge in [0.1, 0.15) is 5.54 Å². The van der Waals surface area contributed by atoms with Gasteiger partial charge in [-0.25, -0.2) is 4.79 Å². The van der Waals surface area contributed by atoms with E-state index in [-0.39, 0.29) is 44.6 Å². The van der Waals surface area contributed by atoms with E-state index < -0.39 is 5.54 Å². The molecule has 1 fully saturated rings. The van der Waals surface area contributed by atoms with Crippen LogP contribution in [0.4, 0.5) is 0 Å². The van der Waals surface area contributed by atoms with Gasteiger partial charge in [-0.2, -0.15) is 0 Å². The Hall–Kier alpha value is 0.0439. The molecule has 1 rings (SSSR count). The van der Waals surface area contributed by atoms with E-state index in [1.54, 1.807) is 11.8 Å². The molecule has 4 nitrogen and oxygen atoms in total. The van der Waals surface area contributed by atoms with Crippen molar-refractivity contribution in [3.8, 4) is 0 Å². The molecule has 1 atom stereocenters. The topological polar surface area (TPSA) is 46.6 Å². The predicted octanol–water partition coefficient (Wildman–Crippen LogP) is 1.15. The third-order valence-corrected chi connectivity index (χ3v) is 3.06. The van der Waals surface area contributed by atoms with Gasteiger partial charge >= 0.3 is 5.97 Å². The third kappa shape index (κ3) is 2.65. The molecule has 1 radical (unpaired) electrons. The summed E-state index contributed by atoms with van der Waals surface area (Å²) in [4.78, 5) is 25.1. The molecule has 0 saturated carbocycles. The molecule has 89 valence electrons. The summed E-state index contributed by atoms with van der Waals surface area (Å²) in [5.74, 6) is -0.295. The molecule has 1 heterocycles. The number of hydrogen-bond donors (Lipinski definition) is 0. The number of amides is 1. The number of nitrogens with zero attached hydrogens (tertiary/aromatic N) is 1. The molecule has 0 aromatic heterocycles. The predicted molar refractivity (Wildman–Crippen MR) is 56.0 cm³/mol. The fourth-order valence-electron chi connectivity index (χ4n) is 2.11. The summed E-state index contributed by atoms with van der Waals surface area (Å²) >= 11 is 0. The zero-order valence-corrected chi connectivity index (χ0v) is 13.0. The molecule has 1 amide bonds. The van der Waals surface area contributed by atoms with Crippen molar-refractivity contribution in [1.82, 2.24) is 4.90 Å². The van der Waals surface area contributed by atoms with E-state index in [4.69, 9.17) is 4.74 Å².